The van der Waals surface area contributed by atoms with E-state index in [4.69, 9.17) is 4.74 Å². The molecular formula is C23H18N2O3. The van der Waals surface area contributed by atoms with E-state index in [1.807, 2.05) is 60.7 Å². The van der Waals surface area contributed by atoms with Crippen molar-refractivity contribution in [2.24, 2.45) is 0 Å². The average molecular weight is 370 g/mol. The van der Waals surface area contributed by atoms with Crippen molar-refractivity contribution in [3.05, 3.63) is 96.2 Å². The van der Waals surface area contributed by atoms with Gasteiger partial charge in [0, 0.05) is 11.8 Å². The van der Waals surface area contributed by atoms with Crippen LogP contribution >= 0.6 is 0 Å². The van der Waals surface area contributed by atoms with Crippen molar-refractivity contribution in [2.75, 3.05) is 17.3 Å². The second-order valence-corrected chi connectivity index (χ2v) is 6.25. The van der Waals surface area contributed by atoms with Gasteiger partial charge in [-0.2, -0.15) is 0 Å². The molecule has 0 aromatic heterocycles. The summed E-state index contributed by atoms with van der Waals surface area (Å²) >= 11 is 0. The van der Waals surface area contributed by atoms with Gasteiger partial charge in [0.05, 0.1) is 18.4 Å². The number of hydrogen-bond donors (Lipinski definition) is 1. The lowest BCUT2D eigenvalue weighted by Gasteiger charge is -2.16. The fourth-order valence-corrected chi connectivity index (χ4v) is 3.17. The Morgan fingerprint density at radius 1 is 0.786 bits per heavy atom. The summed E-state index contributed by atoms with van der Waals surface area (Å²) in [5.41, 5.74) is 2.49. The van der Waals surface area contributed by atoms with Crippen LogP contribution in [0.25, 0.3) is 5.57 Å². The molecule has 0 saturated heterocycles. The number of carbonyl (C=O) groups is 2. The van der Waals surface area contributed by atoms with Gasteiger partial charge < -0.3 is 10.1 Å². The van der Waals surface area contributed by atoms with E-state index in [9.17, 15) is 9.59 Å². The summed E-state index contributed by atoms with van der Waals surface area (Å²) in [7, 11) is 1.54. The molecule has 1 aliphatic heterocycles. The Labute approximate surface area is 162 Å². The number of amides is 2. The Morgan fingerprint density at radius 2 is 1.46 bits per heavy atom. The van der Waals surface area contributed by atoms with Gasteiger partial charge >= 0.3 is 0 Å². The normalized spacial score (nSPS) is 13.8. The van der Waals surface area contributed by atoms with E-state index < -0.39 is 5.91 Å². The maximum atomic E-state index is 13.3. The van der Waals surface area contributed by atoms with Crippen LogP contribution in [-0.2, 0) is 9.59 Å². The van der Waals surface area contributed by atoms with Gasteiger partial charge in [0.15, 0.2) is 0 Å². The minimum atomic E-state index is -0.402. The van der Waals surface area contributed by atoms with Crippen LogP contribution in [0.1, 0.15) is 5.56 Å². The van der Waals surface area contributed by atoms with Crippen LogP contribution in [0.15, 0.2) is 90.6 Å². The van der Waals surface area contributed by atoms with Gasteiger partial charge in [0.25, 0.3) is 11.8 Å². The lowest BCUT2D eigenvalue weighted by atomic mass is 10.0. The van der Waals surface area contributed by atoms with Crippen molar-refractivity contribution in [3.63, 3.8) is 0 Å². The average Bonchev–Trinajstić information content (AvgIpc) is 2.99. The molecule has 0 radical (unpaired) electrons. The van der Waals surface area contributed by atoms with Crippen LogP contribution in [0.5, 0.6) is 5.75 Å². The van der Waals surface area contributed by atoms with E-state index in [1.165, 1.54) is 4.90 Å². The van der Waals surface area contributed by atoms with Crippen molar-refractivity contribution < 1.29 is 14.3 Å². The van der Waals surface area contributed by atoms with Gasteiger partial charge in [-0.3, -0.25) is 9.59 Å². The number of para-hydroxylation sites is 1. The van der Waals surface area contributed by atoms with Crippen molar-refractivity contribution in [3.8, 4) is 5.75 Å². The summed E-state index contributed by atoms with van der Waals surface area (Å²) in [6.45, 7) is 0. The zero-order valence-corrected chi connectivity index (χ0v) is 15.3. The first-order valence-corrected chi connectivity index (χ1v) is 8.83. The molecule has 0 bridgehead atoms. The number of anilines is 2. The van der Waals surface area contributed by atoms with Crippen LogP contribution in [0.3, 0.4) is 0 Å². The van der Waals surface area contributed by atoms with Crippen LogP contribution < -0.4 is 15.0 Å². The molecule has 0 unspecified atom stereocenters. The summed E-state index contributed by atoms with van der Waals surface area (Å²) in [6, 6.07) is 25.4. The number of ether oxygens (including phenoxy) is 1. The first-order chi connectivity index (χ1) is 13.7. The summed E-state index contributed by atoms with van der Waals surface area (Å²) < 4.78 is 5.24. The highest BCUT2D eigenvalue weighted by molar-refractivity contribution is 6.46. The van der Waals surface area contributed by atoms with Crippen LogP contribution in [0, 0.1) is 0 Å². The van der Waals surface area contributed by atoms with E-state index in [0.717, 1.165) is 5.69 Å². The predicted octanol–water partition coefficient (Wildman–Crippen LogP) is 4.09. The quantitative estimate of drug-likeness (QED) is 0.687. The first-order valence-electron chi connectivity index (χ1n) is 8.83. The van der Waals surface area contributed by atoms with Crippen LogP contribution in [0.4, 0.5) is 11.4 Å². The molecule has 1 N–H and O–H groups in total. The molecule has 0 saturated carbocycles. The number of nitrogens with zero attached hydrogens (tertiary/aromatic N) is 1. The van der Waals surface area contributed by atoms with Crippen molar-refractivity contribution in [1.29, 1.82) is 0 Å². The maximum absolute atomic E-state index is 13.3. The monoisotopic (exact) mass is 370 g/mol. The fraction of sp³-hybridized carbons (Fsp3) is 0.0435. The van der Waals surface area contributed by atoms with Crippen molar-refractivity contribution in [2.45, 2.75) is 0 Å². The van der Waals surface area contributed by atoms with Gasteiger partial charge in [-0.1, -0.05) is 54.6 Å². The Kier molecular flexibility index (Phi) is 4.64. The van der Waals surface area contributed by atoms with Gasteiger partial charge in [-0.05, 0) is 29.8 Å². The molecule has 3 aromatic rings. The number of hydrogen-bond acceptors (Lipinski definition) is 4. The van der Waals surface area contributed by atoms with Gasteiger partial charge in [-0.15, -0.1) is 0 Å². The molecule has 3 aromatic carbocycles. The Bertz CT molecular complexity index is 1060. The summed E-state index contributed by atoms with van der Waals surface area (Å²) in [5, 5.41) is 3.13. The lowest BCUT2D eigenvalue weighted by Crippen LogP contribution is -2.32. The SMILES string of the molecule is COc1cccc(N2C(=O)C(Nc3ccccc3)=C(c3ccccc3)C2=O)c1. The topological polar surface area (TPSA) is 58.6 Å². The van der Waals surface area contributed by atoms with E-state index in [0.29, 0.717) is 22.6 Å². The number of nitrogens with one attached hydrogen (secondary N) is 1. The first kappa shape index (κ1) is 17.5. The molecule has 5 heteroatoms. The molecule has 0 fully saturated rings. The molecular weight excluding hydrogens is 352 g/mol. The van der Waals surface area contributed by atoms with E-state index >= 15 is 0 Å². The van der Waals surface area contributed by atoms with Crippen molar-refractivity contribution >= 4 is 28.8 Å². The number of benzene rings is 3. The van der Waals surface area contributed by atoms with Gasteiger partial charge in [0.2, 0.25) is 0 Å². The Hall–Kier alpha value is -3.86. The number of carbonyl (C=O) groups excluding carboxylic acids is 2. The van der Waals surface area contributed by atoms with Gasteiger partial charge in [-0.25, -0.2) is 4.90 Å². The van der Waals surface area contributed by atoms with Crippen LogP contribution in [-0.4, -0.2) is 18.9 Å². The van der Waals surface area contributed by atoms with Gasteiger partial charge in [0.1, 0.15) is 11.4 Å². The molecule has 4 rings (SSSR count). The van der Waals surface area contributed by atoms with E-state index in [-0.39, 0.29) is 11.6 Å². The predicted molar refractivity (Wildman–Crippen MR) is 109 cm³/mol. The van der Waals surface area contributed by atoms with Crippen molar-refractivity contribution in [1.82, 2.24) is 0 Å². The number of imide groups is 1. The summed E-state index contributed by atoms with van der Waals surface area (Å²) in [6.07, 6.45) is 0. The highest BCUT2D eigenvalue weighted by Gasteiger charge is 2.40. The lowest BCUT2D eigenvalue weighted by molar-refractivity contribution is -0.120. The smallest absolute Gasteiger partial charge is 0.282 e. The number of rotatable bonds is 5. The maximum Gasteiger partial charge on any atom is 0.282 e. The molecule has 1 aliphatic rings. The van der Waals surface area contributed by atoms with Crippen LogP contribution in [0.2, 0.25) is 0 Å². The summed E-state index contributed by atoms with van der Waals surface area (Å²) in [5.74, 6) is -0.201. The Morgan fingerprint density at radius 3 is 2.14 bits per heavy atom. The molecule has 1 heterocycles. The molecule has 0 spiro atoms. The molecule has 0 atom stereocenters. The third-order valence-corrected chi connectivity index (χ3v) is 4.50. The highest BCUT2D eigenvalue weighted by Crippen LogP contribution is 2.34. The van der Waals surface area contributed by atoms with E-state index in [1.54, 1.807) is 31.4 Å². The second-order valence-electron chi connectivity index (χ2n) is 6.25. The molecule has 0 aliphatic carbocycles. The minimum absolute atomic E-state index is 0.255. The third-order valence-electron chi connectivity index (χ3n) is 4.50. The summed E-state index contributed by atoms with van der Waals surface area (Å²) in [4.78, 5) is 27.7. The fourth-order valence-electron chi connectivity index (χ4n) is 3.17. The molecule has 28 heavy (non-hydrogen) atoms. The Balaban J connectivity index is 1.81. The largest absolute Gasteiger partial charge is 0.497 e. The second kappa shape index (κ2) is 7.40. The third kappa shape index (κ3) is 3.14. The molecule has 138 valence electrons. The number of methoxy groups -OCH3 is 1. The highest BCUT2D eigenvalue weighted by atomic mass is 16.5. The minimum Gasteiger partial charge on any atom is -0.497 e. The molecule has 5 nitrogen and oxygen atoms in total. The van der Waals surface area contributed by atoms with E-state index in [2.05, 4.69) is 5.32 Å². The standard InChI is InChI=1S/C23H18N2O3/c1-28-19-14-8-13-18(15-19)25-22(26)20(16-9-4-2-5-10-16)21(23(25)27)24-17-11-6-3-7-12-17/h2-15,24H,1H3. The molecule has 2 amide bonds. The zero-order chi connectivity index (χ0) is 19.5. The zero-order valence-electron chi connectivity index (χ0n) is 15.3.